The number of furan rings is 3. The van der Waals surface area contributed by atoms with E-state index < -0.39 is 0 Å². The van der Waals surface area contributed by atoms with Gasteiger partial charge in [0.05, 0.1) is 0 Å². The van der Waals surface area contributed by atoms with E-state index in [0.717, 1.165) is 52.9 Å². The molecule has 0 N–H and O–H groups in total. The van der Waals surface area contributed by atoms with Crippen molar-refractivity contribution in [2.24, 2.45) is 5.92 Å². The molecule has 0 fully saturated rings. The quantitative estimate of drug-likeness (QED) is 0.206. The van der Waals surface area contributed by atoms with Crippen molar-refractivity contribution in [1.82, 2.24) is 0 Å². The summed E-state index contributed by atoms with van der Waals surface area (Å²) in [5.74, 6) is 1.48. The number of para-hydroxylation sites is 1. The molecule has 3 heterocycles. The van der Waals surface area contributed by atoms with Crippen LogP contribution in [-0.2, 0) is 19.3 Å². The van der Waals surface area contributed by atoms with E-state index in [1.165, 1.54) is 71.4 Å². The molecule has 0 bridgehead atoms. The van der Waals surface area contributed by atoms with Crippen molar-refractivity contribution in [2.45, 2.75) is 47.0 Å². The predicted octanol–water partition coefficient (Wildman–Crippen LogP) is 11.6. The Morgan fingerprint density at radius 3 is 2.22 bits per heavy atom. The highest BCUT2D eigenvalue weighted by molar-refractivity contribution is 6.06. The van der Waals surface area contributed by atoms with Crippen LogP contribution in [0.4, 0.5) is 0 Å². The number of rotatable bonds is 4. The Hall–Kier alpha value is -5.02. The summed E-state index contributed by atoms with van der Waals surface area (Å²) in [7, 11) is 0. The number of allylic oxidation sites excluding steroid dienone is 1. The summed E-state index contributed by atoms with van der Waals surface area (Å²) < 4.78 is 19.1. The minimum absolute atomic E-state index is 0.392. The molecule has 0 saturated heterocycles. The Morgan fingerprint density at radius 1 is 0.600 bits per heavy atom. The Labute approximate surface area is 261 Å². The SMILES string of the molecule is CC1=Cc2c(oc3cc(Cc4cc5oc6c(C)cccc6c5cc4C)ccc23)CC1Cc1ccc2c(c1)oc1cc(C)ccc12. The van der Waals surface area contributed by atoms with E-state index in [1.807, 2.05) is 0 Å². The molecule has 220 valence electrons. The van der Waals surface area contributed by atoms with Gasteiger partial charge in [-0.25, -0.2) is 0 Å². The molecule has 0 radical (unpaired) electrons. The standard InChI is InChI=1S/C42H34O3/c1-23-8-11-31-32-12-9-27(19-38(32)43-37(31)14-23)17-29-21-40-35(15-25(29)3)33-13-10-28(20-39(33)44-40)18-30-22-41-36(16-26(30)4)34-7-5-6-24(2)42(34)45-41/h5-16,19-20,22,29H,17-18,21H2,1-4H3. The number of aryl methyl sites for hydroxylation is 3. The molecule has 1 aliphatic rings. The summed E-state index contributed by atoms with van der Waals surface area (Å²) in [6, 6.07) is 30.7. The smallest absolute Gasteiger partial charge is 0.138 e. The summed E-state index contributed by atoms with van der Waals surface area (Å²) in [6.07, 6.45) is 5.04. The van der Waals surface area contributed by atoms with Gasteiger partial charge in [0.15, 0.2) is 0 Å². The first-order chi connectivity index (χ1) is 21.9. The van der Waals surface area contributed by atoms with Crippen molar-refractivity contribution in [3.05, 3.63) is 135 Å². The summed E-state index contributed by atoms with van der Waals surface area (Å²) >= 11 is 0. The lowest BCUT2D eigenvalue weighted by atomic mass is 9.83. The highest BCUT2D eigenvalue weighted by atomic mass is 16.3. The van der Waals surface area contributed by atoms with Crippen molar-refractivity contribution < 1.29 is 13.3 Å². The molecule has 8 aromatic rings. The van der Waals surface area contributed by atoms with Gasteiger partial charge in [0.25, 0.3) is 0 Å². The second kappa shape index (κ2) is 9.74. The second-order valence-electron chi connectivity index (χ2n) is 13.2. The van der Waals surface area contributed by atoms with Crippen LogP contribution in [0.3, 0.4) is 0 Å². The zero-order valence-corrected chi connectivity index (χ0v) is 26.1. The highest BCUT2D eigenvalue weighted by Crippen LogP contribution is 2.39. The van der Waals surface area contributed by atoms with E-state index >= 15 is 0 Å². The topological polar surface area (TPSA) is 39.4 Å². The average molecular weight is 587 g/mol. The van der Waals surface area contributed by atoms with Crippen LogP contribution in [0.25, 0.3) is 60.9 Å². The molecule has 1 unspecified atom stereocenters. The van der Waals surface area contributed by atoms with Crippen molar-refractivity contribution in [1.29, 1.82) is 0 Å². The lowest BCUT2D eigenvalue weighted by molar-refractivity contribution is 0.484. The van der Waals surface area contributed by atoms with E-state index in [0.29, 0.717) is 5.92 Å². The van der Waals surface area contributed by atoms with Crippen LogP contribution < -0.4 is 0 Å². The van der Waals surface area contributed by atoms with E-state index in [-0.39, 0.29) is 0 Å². The number of hydrogen-bond acceptors (Lipinski definition) is 3. The summed E-state index contributed by atoms with van der Waals surface area (Å²) in [5, 5.41) is 5.94. The fraction of sp³-hybridized carbons (Fsp3) is 0.190. The molecule has 0 spiro atoms. The van der Waals surface area contributed by atoms with Gasteiger partial charge in [-0.15, -0.1) is 0 Å². The maximum Gasteiger partial charge on any atom is 0.138 e. The van der Waals surface area contributed by atoms with Gasteiger partial charge < -0.3 is 13.3 Å². The zero-order valence-electron chi connectivity index (χ0n) is 26.1. The van der Waals surface area contributed by atoms with Crippen LogP contribution in [0.1, 0.15) is 51.6 Å². The van der Waals surface area contributed by atoms with Crippen molar-refractivity contribution in [2.75, 3.05) is 0 Å². The molecule has 1 aliphatic carbocycles. The molecule has 0 aliphatic heterocycles. The van der Waals surface area contributed by atoms with Gasteiger partial charge in [-0.3, -0.25) is 0 Å². The summed E-state index contributed by atoms with van der Waals surface area (Å²) in [6.45, 7) is 8.68. The van der Waals surface area contributed by atoms with Crippen molar-refractivity contribution >= 4 is 60.9 Å². The van der Waals surface area contributed by atoms with E-state index in [1.54, 1.807) is 0 Å². The van der Waals surface area contributed by atoms with Gasteiger partial charge in [0, 0.05) is 38.9 Å². The van der Waals surface area contributed by atoms with Gasteiger partial charge >= 0.3 is 0 Å². The Kier molecular flexibility index (Phi) is 5.71. The van der Waals surface area contributed by atoms with Gasteiger partial charge in [-0.1, -0.05) is 66.2 Å². The predicted molar refractivity (Wildman–Crippen MR) is 185 cm³/mol. The van der Waals surface area contributed by atoms with Crippen LogP contribution in [0.5, 0.6) is 0 Å². The summed E-state index contributed by atoms with van der Waals surface area (Å²) in [5.41, 5.74) is 15.0. The molecule has 0 saturated carbocycles. The Balaban J connectivity index is 0.994. The van der Waals surface area contributed by atoms with Crippen LogP contribution in [0.15, 0.2) is 104 Å². The Morgan fingerprint density at radius 2 is 1.33 bits per heavy atom. The van der Waals surface area contributed by atoms with Crippen molar-refractivity contribution in [3.63, 3.8) is 0 Å². The zero-order chi connectivity index (χ0) is 30.4. The maximum atomic E-state index is 6.58. The largest absolute Gasteiger partial charge is 0.460 e. The third-order valence-electron chi connectivity index (χ3n) is 10.0. The van der Waals surface area contributed by atoms with Gasteiger partial charge in [-0.2, -0.15) is 0 Å². The molecule has 45 heavy (non-hydrogen) atoms. The molecule has 5 aromatic carbocycles. The maximum absolute atomic E-state index is 6.58. The fourth-order valence-corrected chi connectivity index (χ4v) is 7.48. The molecule has 1 atom stereocenters. The Bertz CT molecular complexity index is 2510. The van der Waals surface area contributed by atoms with E-state index in [9.17, 15) is 0 Å². The lowest BCUT2D eigenvalue weighted by Gasteiger charge is -2.21. The van der Waals surface area contributed by atoms with Crippen molar-refractivity contribution in [3.8, 4) is 0 Å². The monoisotopic (exact) mass is 586 g/mol. The molecule has 0 amide bonds. The van der Waals surface area contributed by atoms with Gasteiger partial charge in [-0.05, 0) is 110 Å². The third-order valence-corrected chi connectivity index (χ3v) is 10.0. The van der Waals surface area contributed by atoms with Crippen LogP contribution in [0.2, 0.25) is 0 Å². The first-order valence-corrected chi connectivity index (χ1v) is 15.9. The van der Waals surface area contributed by atoms with Crippen LogP contribution in [0, 0.1) is 26.7 Å². The normalized spacial score (nSPS) is 15.1. The minimum atomic E-state index is 0.392. The highest BCUT2D eigenvalue weighted by Gasteiger charge is 2.25. The minimum Gasteiger partial charge on any atom is -0.460 e. The third kappa shape index (κ3) is 4.25. The van der Waals surface area contributed by atoms with Crippen LogP contribution >= 0.6 is 0 Å². The van der Waals surface area contributed by atoms with E-state index in [4.69, 9.17) is 13.3 Å². The molecular formula is C42H34O3. The lowest BCUT2D eigenvalue weighted by Crippen LogP contribution is -2.13. The first kappa shape index (κ1) is 26.4. The second-order valence-corrected chi connectivity index (χ2v) is 13.2. The number of hydrogen-bond donors (Lipinski definition) is 0. The van der Waals surface area contributed by atoms with Gasteiger partial charge in [0.2, 0.25) is 0 Å². The molecule has 9 rings (SSSR count). The molecular weight excluding hydrogens is 552 g/mol. The first-order valence-electron chi connectivity index (χ1n) is 15.9. The average Bonchev–Trinajstić information content (AvgIpc) is 3.68. The van der Waals surface area contributed by atoms with Crippen LogP contribution in [-0.4, -0.2) is 0 Å². The van der Waals surface area contributed by atoms with Gasteiger partial charge in [0.1, 0.15) is 33.7 Å². The molecule has 3 heteroatoms. The fourth-order valence-electron chi connectivity index (χ4n) is 7.48. The number of fused-ring (bicyclic) bond motifs is 9. The number of benzene rings is 5. The molecule has 3 nitrogen and oxygen atoms in total. The van der Waals surface area contributed by atoms with E-state index in [2.05, 4.69) is 119 Å². The summed E-state index contributed by atoms with van der Waals surface area (Å²) in [4.78, 5) is 0. The molecule has 3 aromatic heterocycles.